The predicted molar refractivity (Wildman–Crippen MR) is 120 cm³/mol. The lowest BCUT2D eigenvalue weighted by atomic mass is 9.97. The van der Waals surface area contributed by atoms with Gasteiger partial charge in [0, 0.05) is 33.4 Å². The molecule has 0 saturated heterocycles. The number of carbonyl (C=O) groups excluding carboxylic acids is 2. The third kappa shape index (κ3) is 4.10. The van der Waals surface area contributed by atoms with Crippen molar-refractivity contribution in [1.29, 1.82) is 0 Å². The third-order valence-electron chi connectivity index (χ3n) is 4.82. The second kappa shape index (κ2) is 8.97. The summed E-state index contributed by atoms with van der Waals surface area (Å²) in [5.41, 5.74) is 4.16. The molecule has 4 nitrogen and oxygen atoms in total. The number of benzene rings is 3. The van der Waals surface area contributed by atoms with Crippen molar-refractivity contribution in [2.24, 2.45) is 0 Å². The molecule has 0 saturated carbocycles. The van der Waals surface area contributed by atoms with Crippen molar-refractivity contribution in [1.82, 2.24) is 0 Å². The molecule has 32 heavy (non-hydrogen) atoms. The average molecular weight is 416 g/mol. The maximum Gasteiger partial charge on any atom is 0.338 e. The summed E-state index contributed by atoms with van der Waals surface area (Å²) in [7, 11) is 2.50. The van der Waals surface area contributed by atoms with Crippen LogP contribution in [0.1, 0.15) is 54.1 Å². The minimum atomic E-state index is -0.661. The maximum atomic E-state index is 12.3. The van der Waals surface area contributed by atoms with E-state index in [0.29, 0.717) is 11.1 Å². The van der Waals surface area contributed by atoms with E-state index >= 15 is 0 Å². The molecule has 0 heterocycles. The van der Waals surface area contributed by atoms with Gasteiger partial charge >= 0.3 is 11.9 Å². The summed E-state index contributed by atoms with van der Waals surface area (Å²) in [6.45, 7) is 0. The van der Waals surface area contributed by atoms with E-state index in [1.165, 1.54) is 26.4 Å². The molecule has 0 bridgehead atoms. The van der Waals surface area contributed by atoms with Crippen LogP contribution in [-0.2, 0) is 9.47 Å². The summed E-state index contributed by atoms with van der Waals surface area (Å²) in [6.07, 6.45) is 0. The molecule has 152 valence electrons. The standard InChI is InChI=1S/C28H16O4/c1-31-27(29)25-17-23-15-13-21-9-5-3-7-19(21)11-12-20-8-4-6-10-22(20)14-16-24(23)18-26(25)28(30)32-2/h3-10,17-18H,1-2H3. The number of carbonyl (C=O) groups is 2. The number of fused-ring (bicyclic) bond motifs is 3. The van der Waals surface area contributed by atoms with E-state index in [1.807, 2.05) is 48.5 Å². The first-order chi connectivity index (χ1) is 15.6. The van der Waals surface area contributed by atoms with Crippen LogP contribution in [0.2, 0.25) is 0 Å². The minimum absolute atomic E-state index is 0.0646. The van der Waals surface area contributed by atoms with Gasteiger partial charge in [0.1, 0.15) is 0 Å². The fraction of sp³-hybridized carbons (Fsp3) is 0.0714. The summed E-state index contributed by atoms with van der Waals surface area (Å²) in [5.74, 6) is 17.4. The second-order valence-electron chi connectivity index (χ2n) is 6.77. The zero-order valence-electron chi connectivity index (χ0n) is 17.4. The Labute approximate surface area is 186 Å². The van der Waals surface area contributed by atoms with Crippen LogP contribution in [0, 0.1) is 35.5 Å². The Morgan fingerprint density at radius 2 is 0.812 bits per heavy atom. The molecule has 0 radical (unpaired) electrons. The van der Waals surface area contributed by atoms with Crippen LogP contribution in [0.25, 0.3) is 0 Å². The van der Waals surface area contributed by atoms with Crippen molar-refractivity contribution in [3.63, 3.8) is 0 Å². The largest absolute Gasteiger partial charge is 0.465 e. The highest BCUT2D eigenvalue weighted by Crippen LogP contribution is 2.20. The van der Waals surface area contributed by atoms with Crippen molar-refractivity contribution >= 4 is 11.9 Å². The fourth-order valence-electron chi connectivity index (χ4n) is 3.17. The van der Waals surface area contributed by atoms with Crippen molar-refractivity contribution in [3.05, 3.63) is 105 Å². The maximum absolute atomic E-state index is 12.3. The first kappa shape index (κ1) is 20.5. The highest BCUT2D eigenvalue weighted by Gasteiger charge is 2.21. The minimum Gasteiger partial charge on any atom is -0.465 e. The van der Waals surface area contributed by atoms with Gasteiger partial charge in [-0.25, -0.2) is 9.59 Å². The number of methoxy groups -OCH3 is 2. The fourth-order valence-corrected chi connectivity index (χ4v) is 3.17. The molecule has 0 aliphatic heterocycles. The monoisotopic (exact) mass is 416 g/mol. The Morgan fingerprint density at radius 1 is 0.531 bits per heavy atom. The van der Waals surface area contributed by atoms with E-state index in [-0.39, 0.29) is 11.1 Å². The molecule has 3 aromatic rings. The summed E-state index contributed by atoms with van der Waals surface area (Å²) in [5, 5.41) is 0. The summed E-state index contributed by atoms with van der Waals surface area (Å²) < 4.78 is 9.71. The average Bonchev–Trinajstić information content (AvgIpc) is 2.84. The number of esters is 2. The molecule has 4 rings (SSSR count). The van der Waals surface area contributed by atoms with Gasteiger partial charge in [0.25, 0.3) is 0 Å². The van der Waals surface area contributed by atoms with Gasteiger partial charge in [0.05, 0.1) is 25.3 Å². The Kier molecular flexibility index (Phi) is 5.76. The van der Waals surface area contributed by atoms with Gasteiger partial charge in [-0.3, -0.25) is 0 Å². The quantitative estimate of drug-likeness (QED) is 0.369. The van der Waals surface area contributed by atoms with E-state index < -0.39 is 11.9 Å². The molecule has 1 aliphatic carbocycles. The van der Waals surface area contributed by atoms with Crippen molar-refractivity contribution in [2.75, 3.05) is 14.2 Å². The second-order valence-corrected chi connectivity index (χ2v) is 6.77. The van der Waals surface area contributed by atoms with Crippen molar-refractivity contribution in [2.45, 2.75) is 0 Å². The molecule has 3 aromatic carbocycles. The smallest absolute Gasteiger partial charge is 0.338 e. The molecule has 0 amide bonds. The van der Waals surface area contributed by atoms with Gasteiger partial charge < -0.3 is 9.47 Å². The first-order valence-electron chi connectivity index (χ1n) is 9.69. The van der Waals surface area contributed by atoms with E-state index in [0.717, 1.165) is 22.3 Å². The third-order valence-corrected chi connectivity index (χ3v) is 4.82. The van der Waals surface area contributed by atoms with E-state index in [9.17, 15) is 9.59 Å². The molecule has 0 N–H and O–H groups in total. The summed E-state index contributed by atoms with van der Waals surface area (Å²) in [4.78, 5) is 24.7. The lowest BCUT2D eigenvalue weighted by Crippen LogP contribution is -2.13. The van der Waals surface area contributed by atoms with Gasteiger partial charge in [0.2, 0.25) is 0 Å². The predicted octanol–water partition coefficient (Wildman–Crippen LogP) is 3.77. The normalized spacial score (nSPS) is 10.4. The number of hydrogen-bond acceptors (Lipinski definition) is 4. The molecule has 0 fully saturated rings. The van der Waals surface area contributed by atoms with Gasteiger partial charge in [0.15, 0.2) is 0 Å². The lowest BCUT2D eigenvalue weighted by Gasteiger charge is -2.09. The Hall–Kier alpha value is -4.72. The Morgan fingerprint density at radius 3 is 1.09 bits per heavy atom. The number of ether oxygens (including phenoxy) is 2. The Bertz CT molecular complexity index is 1340. The van der Waals surface area contributed by atoms with Crippen LogP contribution >= 0.6 is 0 Å². The molecule has 0 unspecified atom stereocenters. The van der Waals surface area contributed by atoms with E-state index in [1.54, 1.807) is 0 Å². The van der Waals surface area contributed by atoms with Gasteiger partial charge in [-0.1, -0.05) is 59.8 Å². The topological polar surface area (TPSA) is 52.6 Å². The van der Waals surface area contributed by atoms with Crippen LogP contribution in [0.3, 0.4) is 0 Å². The highest BCUT2D eigenvalue weighted by molar-refractivity contribution is 6.04. The molecular formula is C28H16O4. The SMILES string of the molecule is COC(=O)c1cc2c(cc1C(=O)OC)C#Cc1ccccc1C#Cc1ccccc1C#C2. The number of rotatable bonds is 2. The highest BCUT2D eigenvalue weighted by atomic mass is 16.5. The first-order valence-corrected chi connectivity index (χ1v) is 9.69. The van der Waals surface area contributed by atoms with Crippen molar-refractivity contribution < 1.29 is 19.1 Å². The molecule has 0 spiro atoms. The van der Waals surface area contributed by atoms with Crippen LogP contribution in [0.4, 0.5) is 0 Å². The Balaban J connectivity index is 2.05. The van der Waals surface area contributed by atoms with Gasteiger partial charge in [-0.2, -0.15) is 0 Å². The molecule has 1 aliphatic rings. The van der Waals surface area contributed by atoms with E-state index in [4.69, 9.17) is 9.47 Å². The number of hydrogen-bond donors (Lipinski definition) is 0. The zero-order chi connectivity index (χ0) is 22.5. The summed E-state index contributed by atoms with van der Waals surface area (Å²) in [6, 6.07) is 18.2. The lowest BCUT2D eigenvalue weighted by molar-refractivity contribution is 0.0555. The van der Waals surface area contributed by atoms with Crippen LogP contribution in [0.15, 0.2) is 60.7 Å². The van der Waals surface area contributed by atoms with E-state index in [2.05, 4.69) is 35.5 Å². The molecule has 0 atom stereocenters. The molecule has 0 aromatic heterocycles. The van der Waals surface area contributed by atoms with Gasteiger partial charge in [-0.15, -0.1) is 0 Å². The van der Waals surface area contributed by atoms with Crippen LogP contribution < -0.4 is 0 Å². The zero-order valence-corrected chi connectivity index (χ0v) is 17.4. The molecule has 4 heteroatoms. The van der Waals surface area contributed by atoms with Crippen LogP contribution in [0.5, 0.6) is 0 Å². The molecular weight excluding hydrogens is 400 g/mol. The summed E-state index contributed by atoms with van der Waals surface area (Å²) >= 11 is 0. The van der Waals surface area contributed by atoms with Crippen molar-refractivity contribution in [3.8, 4) is 35.5 Å². The van der Waals surface area contributed by atoms with Gasteiger partial charge in [-0.05, 0) is 36.4 Å². The van der Waals surface area contributed by atoms with Crippen LogP contribution in [-0.4, -0.2) is 26.2 Å².